The molecule has 0 fully saturated rings. The lowest BCUT2D eigenvalue weighted by molar-refractivity contribution is 0.383. The molecule has 4 rings (SSSR count). The van der Waals surface area contributed by atoms with Gasteiger partial charge in [0, 0.05) is 6.20 Å². The third-order valence-electron chi connectivity index (χ3n) is 3.34. The van der Waals surface area contributed by atoms with E-state index in [9.17, 15) is 4.39 Å². The van der Waals surface area contributed by atoms with Gasteiger partial charge in [-0.1, -0.05) is 17.3 Å². The number of fused-ring (bicyclic) bond motifs is 1. The van der Waals surface area contributed by atoms with E-state index >= 15 is 0 Å². The SMILES string of the molecule is Fc1ccccc1-c1noc(CNc2ncnc3cc[nH]c23)n1. The monoisotopic (exact) mass is 310 g/mol. The third-order valence-corrected chi connectivity index (χ3v) is 3.34. The number of rotatable bonds is 4. The number of nitrogens with one attached hydrogen (secondary N) is 2. The highest BCUT2D eigenvalue weighted by Crippen LogP contribution is 2.20. The van der Waals surface area contributed by atoms with Crippen molar-refractivity contribution < 1.29 is 8.91 Å². The Morgan fingerprint density at radius 2 is 2.09 bits per heavy atom. The molecule has 0 bridgehead atoms. The normalized spacial score (nSPS) is 11.0. The minimum atomic E-state index is -0.392. The van der Waals surface area contributed by atoms with Crippen LogP contribution in [0, 0.1) is 5.82 Å². The molecule has 7 nitrogen and oxygen atoms in total. The molecule has 8 heteroatoms. The van der Waals surface area contributed by atoms with Crippen LogP contribution in [0.15, 0.2) is 47.4 Å². The molecule has 0 saturated heterocycles. The maximum Gasteiger partial charge on any atom is 0.246 e. The van der Waals surface area contributed by atoms with Crippen LogP contribution in [0.3, 0.4) is 0 Å². The van der Waals surface area contributed by atoms with Crippen LogP contribution < -0.4 is 5.32 Å². The summed E-state index contributed by atoms with van der Waals surface area (Å²) in [5, 5.41) is 6.90. The lowest BCUT2D eigenvalue weighted by Gasteiger charge is -2.02. The number of halogens is 1. The zero-order chi connectivity index (χ0) is 15.6. The van der Waals surface area contributed by atoms with E-state index in [4.69, 9.17) is 4.52 Å². The van der Waals surface area contributed by atoms with Gasteiger partial charge in [0.25, 0.3) is 0 Å². The van der Waals surface area contributed by atoms with E-state index in [1.54, 1.807) is 24.4 Å². The number of H-pyrrole nitrogens is 1. The van der Waals surface area contributed by atoms with Crippen molar-refractivity contribution in [2.45, 2.75) is 6.54 Å². The summed E-state index contributed by atoms with van der Waals surface area (Å²) in [7, 11) is 0. The van der Waals surface area contributed by atoms with Gasteiger partial charge in [0.15, 0.2) is 5.82 Å². The summed E-state index contributed by atoms with van der Waals surface area (Å²) in [6.07, 6.45) is 3.25. The molecule has 0 amide bonds. The van der Waals surface area contributed by atoms with Crippen molar-refractivity contribution in [3.63, 3.8) is 0 Å². The minimum Gasteiger partial charge on any atom is -0.359 e. The fraction of sp³-hybridized carbons (Fsp3) is 0.0667. The Bertz CT molecular complexity index is 963. The lowest BCUT2D eigenvalue weighted by Crippen LogP contribution is -2.02. The minimum absolute atomic E-state index is 0.215. The van der Waals surface area contributed by atoms with E-state index in [1.807, 2.05) is 6.07 Å². The van der Waals surface area contributed by atoms with Gasteiger partial charge in [-0.3, -0.25) is 0 Å². The molecule has 2 N–H and O–H groups in total. The number of nitrogens with zero attached hydrogens (tertiary/aromatic N) is 4. The highest BCUT2D eigenvalue weighted by Gasteiger charge is 2.13. The lowest BCUT2D eigenvalue weighted by atomic mass is 10.2. The predicted octanol–water partition coefficient (Wildman–Crippen LogP) is 2.76. The molecule has 0 atom stereocenters. The summed E-state index contributed by atoms with van der Waals surface area (Å²) in [6.45, 7) is 0.270. The third kappa shape index (κ3) is 2.50. The number of anilines is 1. The van der Waals surface area contributed by atoms with E-state index in [0.717, 1.165) is 11.0 Å². The van der Waals surface area contributed by atoms with Crippen molar-refractivity contribution in [1.82, 2.24) is 25.1 Å². The zero-order valence-electron chi connectivity index (χ0n) is 11.8. The number of aromatic nitrogens is 5. The van der Waals surface area contributed by atoms with Crippen molar-refractivity contribution in [1.29, 1.82) is 0 Å². The fourth-order valence-corrected chi connectivity index (χ4v) is 2.24. The van der Waals surface area contributed by atoms with Crippen LogP contribution in [0.1, 0.15) is 5.89 Å². The second-order valence-electron chi connectivity index (χ2n) is 4.81. The summed E-state index contributed by atoms with van der Waals surface area (Å²) in [6, 6.07) is 8.13. The largest absolute Gasteiger partial charge is 0.359 e. The molecule has 0 aliphatic carbocycles. The molecule has 0 saturated carbocycles. The molecule has 0 unspecified atom stereocenters. The molecule has 0 aliphatic heterocycles. The van der Waals surface area contributed by atoms with Gasteiger partial charge in [0.05, 0.1) is 17.6 Å². The van der Waals surface area contributed by atoms with Gasteiger partial charge >= 0.3 is 0 Å². The Hall–Kier alpha value is -3.29. The molecule has 3 aromatic heterocycles. The van der Waals surface area contributed by atoms with Gasteiger partial charge in [-0.15, -0.1) is 0 Å². The second kappa shape index (κ2) is 5.48. The van der Waals surface area contributed by atoms with Crippen LogP contribution in [0.2, 0.25) is 0 Å². The molecule has 0 spiro atoms. The molecule has 0 aliphatic rings. The van der Waals surface area contributed by atoms with Crippen molar-refractivity contribution >= 4 is 16.9 Å². The summed E-state index contributed by atoms with van der Waals surface area (Å²) in [4.78, 5) is 15.6. The van der Waals surface area contributed by atoms with Crippen molar-refractivity contribution in [3.8, 4) is 11.4 Å². The summed E-state index contributed by atoms with van der Waals surface area (Å²) >= 11 is 0. The standard InChI is InChI=1S/C15H11FN6O/c16-10-4-2-1-3-9(10)14-21-12(23-22-14)7-18-15-13-11(5-6-17-13)19-8-20-15/h1-6,8,17H,7H2,(H,18,19,20). The van der Waals surface area contributed by atoms with Gasteiger partial charge in [-0.2, -0.15) is 4.98 Å². The molecule has 3 heterocycles. The van der Waals surface area contributed by atoms with Crippen molar-refractivity contribution in [2.75, 3.05) is 5.32 Å². The molecule has 1 aromatic carbocycles. The smallest absolute Gasteiger partial charge is 0.246 e. The van der Waals surface area contributed by atoms with E-state index in [0.29, 0.717) is 17.3 Å². The van der Waals surface area contributed by atoms with Crippen LogP contribution in [0.4, 0.5) is 10.2 Å². The Kier molecular flexibility index (Phi) is 3.19. The number of hydrogen-bond acceptors (Lipinski definition) is 6. The molecule has 4 aromatic rings. The van der Waals surface area contributed by atoms with Crippen LogP contribution >= 0.6 is 0 Å². The molecular weight excluding hydrogens is 299 g/mol. The van der Waals surface area contributed by atoms with E-state index in [-0.39, 0.29) is 12.4 Å². The summed E-state index contributed by atoms with van der Waals surface area (Å²) < 4.78 is 18.9. The van der Waals surface area contributed by atoms with Crippen molar-refractivity contribution in [3.05, 3.63) is 54.6 Å². The second-order valence-corrected chi connectivity index (χ2v) is 4.81. The van der Waals surface area contributed by atoms with Crippen LogP contribution in [0.5, 0.6) is 0 Å². The predicted molar refractivity (Wildman–Crippen MR) is 80.9 cm³/mol. The number of aromatic amines is 1. The molecule has 0 radical (unpaired) electrons. The van der Waals surface area contributed by atoms with E-state index < -0.39 is 5.82 Å². The van der Waals surface area contributed by atoms with Crippen LogP contribution in [-0.2, 0) is 6.54 Å². The first-order chi connectivity index (χ1) is 11.3. The zero-order valence-corrected chi connectivity index (χ0v) is 11.8. The molecule has 114 valence electrons. The van der Waals surface area contributed by atoms with Crippen molar-refractivity contribution in [2.24, 2.45) is 0 Å². The topological polar surface area (TPSA) is 92.5 Å². The fourth-order valence-electron chi connectivity index (χ4n) is 2.24. The summed E-state index contributed by atoms with van der Waals surface area (Å²) in [5.41, 5.74) is 1.90. The molecule has 23 heavy (non-hydrogen) atoms. The van der Waals surface area contributed by atoms with Gasteiger partial charge < -0.3 is 14.8 Å². The first-order valence-electron chi connectivity index (χ1n) is 6.91. The molecular formula is C15H11FN6O. The van der Waals surface area contributed by atoms with Gasteiger partial charge in [-0.25, -0.2) is 14.4 Å². The van der Waals surface area contributed by atoms with E-state index in [2.05, 4.69) is 30.4 Å². The highest BCUT2D eigenvalue weighted by molar-refractivity contribution is 5.85. The van der Waals surface area contributed by atoms with Gasteiger partial charge in [0.2, 0.25) is 11.7 Å². The van der Waals surface area contributed by atoms with Crippen LogP contribution in [-0.4, -0.2) is 25.1 Å². The highest BCUT2D eigenvalue weighted by atomic mass is 19.1. The maximum atomic E-state index is 13.7. The Morgan fingerprint density at radius 1 is 1.17 bits per heavy atom. The first-order valence-corrected chi connectivity index (χ1v) is 6.91. The average Bonchev–Trinajstić information content (AvgIpc) is 3.22. The number of hydrogen-bond donors (Lipinski definition) is 2. The van der Waals surface area contributed by atoms with Gasteiger partial charge in [-0.05, 0) is 18.2 Å². The van der Waals surface area contributed by atoms with Crippen LogP contribution in [0.25, 0.3) is 22.4 Å². The quantitative estimate of drug-likeness (QED) is 0.602. The Balaban J connectivity index is 1.54. The Labute approximate surface area is 129 Å². The average molecular weight is 310 g/mol. The number of benzene rings is 1. The van der Waals surface area contributed by atoms with Gasteiger partial charge in [0.1, 0.15) is 17.7 Å². The Morgan fingerprint density at radius 3 is 3.00 bits per heavy atom. The first kappa shape index (κ1) is 13.4. The van der Waals surface area contributed by atoms with E-state index in [1.165, 1.54) is 12.4 Å². The maximum absolute atomic E-state index is 13.7. The summed E-state index contributed by atoms with van der Waals surface area (Å²) in [5.74, 6) is 0.788.